The Kier molecular flexibility index (Phi) is 7.83. The summed E-state index contributed by atoms with van der Waals surface area (Å²) in [5.41, 5.74) is 2.65. The number of allylic oxidation sites excluding steroid dienone is 1. The van der Waals surface area contributed by atoms with Crippen molar-refractivity contribution in [1.82, 2.24) is 14.8 Å². The van der Waals surface area contributed by atoms with E-state index in [1.54, 1.807) is 6.08 Å². The van der Waals surface area contributed by atoms with E-state index in [0.717, 1.165) is 16.9 Å². The van der Waals surface area contributed by atoms with Crippen molar-refractivity contribution in [1.29, 1.82) is 0 Å². The van der Waals surface area contributed by atoms with Crippen LogP contribution in [0.3, 0.4) is 0 Å². The molecule has 1 unspecified atom stereocenters. The smallest absolute Gasteiger partial charge is 0.269 e. The molecule has 0 fully saturated rings. The van der Waals surface area contributed by atoms with Gasteiger partial charge in [0.1, 0.15) is 5.75 Å². The summed E-state index contributed by atoms with van der Waals surface area (Å²) in [6, 6.07) is 11.6. The molecule has 0 radical (unpaired) electrons. The molecule has 172 valence electrons. The first-order valence-corrected chi connectivity index (χ1v) is 11.2. The van der Waals surface area contributed by atoms with Gasteiger partial charge in [-0.15, -0.1) is 16.8 Å². The molecule has 0 saturated heterocycles. The molecule has 0 spiro atoms. The fourth-order valence-electron chi connectivity index (χ4n) is 3.10. The maximum Gasteiger partial charge on any atom is 0.269 e. The number of hydrogen-bond donors (Lipinski definition) is 1. The molecular weight excluding hydrogens is 442 g/mol. The lowest BCUT2D eigenvalue weighted by Gasteiger charge is -2.18. The van der Waals surface area contributed by atoms with Crippen molar-refractivity contribution < 1.29 is 14.5 Å². The number of ether oxygens (including phenoxy) is 1. The number of carbonyl (C=O) groups is 1. The van der Waals surface area contributed by atoms with Crippen LogP contribution < -0.4 is 10.1 Å². The average molecular weight is 468 g/mol. The summed E-state index contributed by atoms with van der Waals surface area (Å²) in [5.74, 6) is 1.25. The summed E-state index contributed by atoms with van der Waals surface area (Å²) in [6.45, 7) is 10.2. The molecule has 1 N–H and O–H groups in total. The number of nitrogens with one attached hydrogen (secondary N) is 1. The highest BCUT2D eigenvalue weighted by Gasteiger charge is 2.20. The average Bonchev–Trinajstić information content (AvgIpc) is 3.19. The molecule has 0 saturated carbocycles. The zero-order chi connectivity index (χ0) is 24.0. The molecule has 3 aromatic rings. The normalized spacial score (nSPS) is 11.6. The second-order valence-corrected chi connectivity index (χ2v) is 8.28. The summed E-state index contributed by atoms with van der Waals surface area (Å²) < 4.78 is 8.02. The van der Waals surface area contributed by atoms with Gasteiger partial charge in [0.05, 0.1) is 10.7 Å². The van der Waals surface area contributed by atoms with E-state index in [0.29, 0.717) is 23.2 Å². The van der Waals surface area contributed by atoms with Gasteiger partial charge in [0.25, 0.3) is 5.69 Å². The van der Waals surface area contributed by atoms with Crippen molar-refractivity contribution in [3.05, 3.63) is 82.2 Å². The van der Waals surface area contributed by atoms with E-state index in [4.69, 9.17) is 4.74 Å². The molecule has 0 aliphatic carbocycles. The first kappa shape index (κ1) is 24.0. The predicted molar refractivity (Wildman–Crippen MR) is 128 cm³/mol. The Bertz CT molecular complexity index is 1160. The van der Waals surface area contributed by atoms with Gasteiger partial charge in [-0.05, 0) is 50.1 Å². The summed E-state index contributed by atoms with van der Waals surface area (Å²) in [7, 11) is 0. The van der Waals surface area contributed by atoms with Crippen LogP contribution in [0.5, 0.6) is 5.75 Å². The lowest BCUT2D eigenvalue weighted by Crippen LogP contribution is -2.15. The Balaban J connectivity index is 1.67. The Morgan fingerprint density at radius 3 is 2.67 bits per heavy atom. The number of aromatic nitrogens is 3. The van der Waals surface area contributed by atoms with Gasteiger partial charge in [0.2, 0.25) is 5.91 Å². The van der Waals surface area contributed by atoms with Crippen molar-refractivity contribution in [3.8, 4) is 5.75 Å². The van der Waals surface area contributed by atoms with Crippen LogP contribution in [-0.2, 0) is 11.3 Å². The Hall–Kier alpha value is -3.66. The molecular formula is C23H25N5O4S. The number of non-ortho nitro benzene ring substituents is 1. The minimum atomic E-state index is -0.490. The molecule has 1 heterocycles. The molecule has 10 heteroatoms. The van der Waals surface area contributed by atoms with Crippen molar-refractivity contribution in [2.24, 2.45) is 0 Å². The van der Waals surface area contributed by atoms with E-state index < -0.39 is 4.92 Å². The zero-order valence-electron chi connectivity index (χ0n) is 18.6. The topological polar surface area (TPSA) is 112 Å². The second-order valence-electron chi connectivity index (χ2n) is 7.34. The highest BCUT2D eigenvalue weighted by molar-refractivity contribution is 7.99. The van der Waals surface area contributed by atoms with Gasteiger partial charge < -0.3 is 10.1 Å². The van der Waals surface area contributed by atoms with E-state index in [-0.39, 0.29) is 23.5 Å². The number of thioether (sulfide) groups is 1. The van der Waals surface area contributed by atoms with Gasteiger partial charge in [-0.3, -0.25) is 19.5 Å². The number of nitro groups is 1. The molecule has 1 amide bonds. The molecule has 1 atom stereocenters. The number of amides is 1. The molecule has 0 aliphatic heterocycles. The predicted octanol–water partition coefficient (Wildman–Crippen LogP) is 4.86. The largest absolute Gasteiger partial charge is 0.482 e. The van der Waals surface area contributed by atoms with Crippen LogP contribution >= 0.6 is 11.8 Å². The Morgan fingerprint density at radius 2 is 2.00 bits per heavy atom. The van der Waals surface area contributed by atoms with E-state index in [1.165, 1.54) is 36.0 Å². The van der Waals surface area contributed by atoms with Crippen LogP contribution in [0.1, 0.15) is 30.0 Å². The molecule has 3 rings (SSSR count). The Morgan fingerprint density at radius 1 is 1.27 bits per heavy atom. The lowest BCUT2D eigenvalue weighted by atomic mass is 10.1. The SMILES string of the molecule is C=CCn1c(SCC(=O)Nc2ccc([N+](=O)[O-])cc2)nnc1C(C)Oc1cccc(C)c1C. The van der Waals surface area contributed by atoms with Crippen molar-refractivity contribution in [2.75, 3.05) is 11.1 Å². The third kappa shape index (κ3) is 5.98. The minimum Gasteiger partial charge on any atom is -0.482 e. The molecule has 2 aromatic carbocycles. The molecule has 9 nitrogen and oxygen atoms in total. The molecule has 0 bridgehead atoms. The number of anilines is 1. The summed E-state index contributed by atoms with van der Waals surface area (Å²) in [5, 5.41) is 22.6. The number of nitrogens with zero attached hydrogens (tertiary/aromatic N) is 4. The lowest BCUT2D eigenvalue weighted by molar-refractivity contribution is -0.384. The van der Waals surface area contributed by atoms with E-state index in [2.05, 4.69) is 22.1 Å². The number of benzene rings is 2. The third-order valence-corrected chi connectivity index (χ3v) is 5.94. The number of carbonyl (C=O) groups excluding carboxylic acids is 1. The number of aryl methyl sites for hydroxylation is 1. The van der Waals surface area contributed by atoms with Gasteiger partial charge in [0, 0.05) is 24.4 Å². The molecule has 0 aliphatic rings. The van der Waals surface area contributed by atoms with Crippen LogP contribution in [0.15, 0.2) is 60.3 Å². The molecule has 33 heavy (non-hydrogen) atoms. The highest BCUT2D eigenvalue weighted by Crippen LogP contribution is 2.28. The summed E-state index contributed by atoms with van der Waals surface area (Å²) >= 11 is 1.24. The van der Waals surface area contributed by atoms with Gasteiger partial charge in [-0.1, -0.05) is 30.0 Å². The summed E-state index contributed by atoms with van der Waals surface area (Å²) in [4.78, 5) is 22.6. The zero-order valence-corrected chi connectivity index (χ0v) is 19.5. The van der Waals surface area contributed by atoms with Crippen molar-refractivity contribution in [2.45, 2.75) is 38.6 Å². The second kappa shape index (κ2) is 10.8. The Labute approximate surface area is 196 Å². The van der Waals surface area contributed by atoms with Crippen LogP contribution in [0.4, 0.5) is 11.4 Å². The van der Waals surface area contributed by atoms with Gasteiger partial charge >= 0.3 is 0 Å². The number of nitro benzene ring substituents is 1. The number of hydrogen-bond acceptors (Lipinski definition) is 7. The number of rotatable bonds is 10. The quantitative estimate of drug-likeness (QED) is 0.196. The third-order valence-electron chi connectivity index (χ3n) is 4.97. The minimum absolute atomic E-state index is 0.0374. The first-order chi connectivity index (χ1) is 15.8. The van der Waals surface area contributed by atoms with E-state index >= 15 is 0 Å². The van der Waals surface area contributed by atoms with Crippen LogP contribution in [0, 0.1) is 24.0 Å². The molecule has 1 aromatic heterocycles. The van der Waals surface area contributed by atoms with E-state index in [9.17, 15) is 14.9 Å². The van der Waals surface area contributed by atoms with Gasteiger partial charge in [-0.25, -0.2) is 0 Å². The van der Waals surface area contributed by atoms with Crippen LogP contribution in [0.25, 0.3) is 0 Å². The monoisotopic (exact) mass is 467 g/mol. The van der Waals surface area contributed by atoms with Crippen LogP contribution in [-0.4, -0.2) is 31.3 Å². The standard InChI is InChI=1S/C23H25N5O4S/c1-5-13-27-22(17(4)32-20-8-6-7-15(2)16(20)3)25-26-23(27)33-14-21(29)24-18-9-11-19(12-10-18)28(30)31/h5-12,17H,1,13-14H2,2-4H3,(H,24,29). The van der Waals surface area contributed by atoms with Gasteiger partial charge in [-0.2, -0.15) is 0 Å². The van der Waals surface area contributed by atoms with Crippen molar-refractivity contribution >= 4 is 29.0 Å². The fraction of sp³-hybridized carbons (Fsp3) is 0.261. The summed E-state index contributed by atoms with van der Waals surface area (Å²) in [6.07, 6.45) is 1.37. The van der Waals surface area contributed by atoms with E-state index in [1.807, 2.05) is 43.5 Å². The van der Waals surface area contributed by atoms with Gasteiger partial charge in [0.15, 0.2) is 17.1 Å². The van der Waals surface area contributed by atoms with Crippen molar-refractivity contribution in [3.63, 3.8) is 0 Å². The fourth-order valence-corrected chi connectivity index (χ4v) is 3.85. The van der Waals surface area contributed by atoms with Crippen LogP contribution in [0.2, 0.25) is 0 Å². The first-order valence-electron chi connectivity index (χ1n) is 10.2. The maximum absolute atomic E-state index is 12.4. The highest BCUT2D eigenvalue weighted by atomic mass is 32.2. The maximum atomic E-state index is 12.4.